The topological polar surface area (TPSA) is 78.5 Å². The first-order valence-corrected chi connectivity index (χ1v) is 11.1. The van der Waals surface area contributed by atoms with Crippen molar-refractivity contribution < 1.29 is 9.53 Å². The van der Waals surface area contributed by atoms with Gasteiger partial charge in [0.15, 0.2) is 0 Å². The predicted octanol–water partition coefficient (Wildman–Crippen LogP) is 5.32. The number of aromatic nitrogens is 1. The molecule has 0 radical (unpaired) electrons. The summed E-state index contributed by atoms with van der Waals surface area (Å²) < 4.78 is 5.51. The molecule has 0 spiro atoms. The van der Waals surface area contributed by atoms with E-state index in [0.717, 1.165) is 28.9 Å². The molecule has 0 aliphatic rings. The fourth-order valence-corrected chi connectivity index (χ4v) is 3.56. The Morgan fingerprint density at radius 3 is 2.52 bits per heavy atom. The van der Waals surface area contributed by atoms with E-state index in [1.807, 2.05) is 80.7 Å². The van der Waals surface area contributed by atoms with Crippen molar-refractivity contribution in [3.05, 3.63) is 95.7 Å². The summed E-state index contributed by atoms with van der Waals surface area (Å²) in [4.78, 5) is 20.8. The van der Waals surface area contributed by atoms with Gasteiger partial charge in [-0.05, 0) is 68.3 Å². The van der Waals surface area contributed by atoms with Gasteiger partial charge < -0.3 is 15.0 Å². The molecule has 0 bridgehead atoms. The number of hydrogen-bond acceptors (Lipinski definition) is 3. The van der Waals surface area contributed by atoms with Crippen molar-refractivity contribution >= 4 is 28.5 Å². The van der Waals surface area contributed by atoms with Crippen molar-refractivity contribution in [1.29, 1.82) is 0 Å². The normalized spacial score (nSPS) is 11.4. The number of aromatic amines is 1. The van der Waals surface area contributed by atoms with Crippen LogP contribution in [0.3, 0.4) is 0 Å². The number of nitrogens with zero attached hydrogens (tertiary/aromatic N) is 1. The Labute approximate surface area is 193 Å². The molecule has 0 aliphatic carbocycles. The molecule has 3 N–H and O–H groups in total. The van der Waals surface area contributed by atoms with Crippen LogP contribution in [0.4, 0.5) is 5.69 Å². The molecule has 0 unspecified atom stereocenters. The van der Waals surface area contributed by atoms with Crippen LogP contribution in [-0.4, -0.2) is 30.0 Å². The van der Waals surface area contributed by atoms with Gasteiger partial charge in [0.25, 0.3) is 5.91 Å². The Bertz CT molecular complexity index is 1240. The second kappa shape index (κ2) is 10.5. The van der Waals surface area contributed by atoms with Crippen LogP contribution in [-0.2, 0) is 6.42 Å². The average Bonchev–Trinajstić information content (AvgIpc) is 3.24. The molecule has 1 heterocycles. The van der Waals surface area contributed by atoms with E-state index in [-0.39, 0.29) is 5.91 Å². The second-order valence-electron chi connectivity index (χ2n) is 7.74. The molecule has 1 aromatic heterocycles. The number of hydrogen-bond donors (Lipinski definition) is 3. The first-order chi connectivity index (χ1) is 16.1. The third-order valence-electron chi connectivity index (χ3n) is 5.30. The van der Waals surface area contributed by atoms with Crippen molar-refractivity contribution in [1.82, 2.24) is 10.3 Å². The molecule has 0 saturated carbocycles. The van der Waals surface area contributed by atoms with Gasteiger partial charge in [0.2, 0.25) is 5.96 Å². The lowest BCUT2D eigenvalue weighted by Gasteiger charge is -2.13. The van der Waals surface area contributed by atoms with E-state index in [2.05, 4.69) is 32.7 Å². The molecule has 3 aromatic carbocycles. The van der Waals surface area contributed by atoms with Gasteiger partial charge in [-0.2, -0.15) is 0 Å². The summed E-state index contributed by atoms with van der Waals surface area (Å²) in [6.07, 6.45) is 2.77. The van der Waals surface area contributed by atoms with Crippen LogP contribution >= 0.6 is 0 Å². The highest BCUT2D eigenvalue weighted by Gasteiger charge is 2.10. The van der Waals surface area contributed by atoms with Gasteiger partial charge in [-0.25, -0.2) is 0 Å². The minimum Gasteiger partial charge on any atom is -0.494 e. The number of fused-ring (bicyclic) bond motifs is 1. The average molecular weight is 441 g/mol. The van der Waals surface area contributed by atoms with Crippen LogP contribution in [0.2, 0.25) is 0 Å². The molecule has 0 atom stereocenters. The number of nitrogens with one attached hydrogen (secondary N) is 3. The van der Waals surface area contributed by atoms with Gasteiger partial charge in [0, 0.05) is 34.9 Å². The quantitative estimate of drug-likeness (QED) is 0.269. The highest BCUT2D eigenvalue weighted by atomic mass is 16.5. The minimum absolute atomic E-state index is 0.209. The standard InChI is InChI=1S/C27H28N4O2/c1-3-33-23-14-12-22(13-15-23)30-27(31-26(32)20-10-8-19(2)9-11-20)28-17-16-21-18-29-25-7-5-4-6-24(21)25/h4-15,18,29H,3,16-17H2,1-2H3,(H2,28,30,31,32). The summed E-state index contributed by atoms with van der Waals surface area (Å²) in [5.41, 5.74) is 4.80. The van der Waals surface area contributed by atoms with Crippen molar-refractivity contribution in [3.63, 3.8) is 0 Å². The number of para-hydroxylation sites is 1. The first-order valence-electron chi connectivity index (χ1n) is 11.1. The zero-order valence-corrected chi connectivity index (χ0v) is 18.9. The van der Waals surface area contributed by atoms with Crippen LogP contribution in [0.25, 0.3) is 10.9 Å². The summed E-state index contributed by atoms with van der Waals surface area (Å²) >= 11 is 0. The lowest BCUT2D eigenvalue weighted by atomic mass is 10.1. The summed E-state index contributed by atoms with van der Waals surface area (Å²) in [5.74, 6) is 0.994. The predicted molar refractivity (Wildman–Crippen MR) is 134 cm³/mol. The van der Waals surface area contributed by atoms with Crippen LogP contribution in [0.1, 0.15) is 28.4 Å². The summed E-state index contributed by atoms with van der Waals surface area (Å²) in [6.45, 7) is 5.08. The van der Waals surface area contributed by atoms with Gasteiger partial charge in [0.1, 0.15) is 5.75 Å². The number of anilines is 1. The van der Waals surface area contributed by atoms with E-state index in [9.17, 15) is 4.79 Å². The fourth-order valence-electron chi connectivity index (χ4n) is 3.56. The number of carbonyl (C=O) groups is 1. The molecule has 1 amide bonds. The maximum atomic E-state index is 12.8. The number of aliphatic imine (C=N–C) groups is 1. The molecule has 0 saturated heterocycles. The molecule has 6 heteroatoms. The Kier molecular flexibility index (Phi) is 7.05. The van der Waals surface area contributed by atoms with Gasteiger partial charge in [0.05, 0.1) is 6.61 Å². The highest BCUT2D eigenvalue weighted by Crippen LogP contribution is 2.18. The largest absolute Gasteiger partial charge is 0.494 e. The Morgan fingerprint density at radius 1 is 1.00 bits per heavy atom. The molecule has 4 rings (SSSR count). The van der Waals surface area contributed by atoms with Crippen molar-refractivity contribution in [2.45, 2.75) is 20.3 Å². The second-order valence-corrected chi connectivity index (χ2v) is 7.74. The highest BCUT2D eigenvalue weighted by molar-refractivity contribution is 6.10. The van der Waals surface area contributed by atoms with Gasteiger partial charge in [-0.3, -0.25) is 15.1 Å². The fraction of sp³-hybridized carbons (Fsp3) is 0.185. The number of rotatable bonds is 7. The third-order valence-corrected chi connectivity index (χ3v) is 5.30. The minimum atomic E-state index is -0.209. The molecular weight excluding hydrogens is 412 g/mol. The summed E-state index contributed by atoms with van der Waals surface area (Å²) in [5, 5.41) is 7.34. The Morgan fingerprint density at radius 2 is 1.76 bits per heavy atom. The molecule has 168 valence electrons. The van der Waals surface area contributed by atoms with E-state index in [4.69, 9.17) is 4.74 Å². The zero-order chi connectivity index (χ0) is 23.0. The lowest BCUT2D eigenvalue weighted by Crippen LogP contribution is -2.36. The summed E-state index contributed by atoms with van der Waals surface area (Å²) in [7, 11) is 0. The van der Waals surface area contributed by atoms with Gasteiger partial charge in [-0.1, -0.05) is 35.9 Å². The number of aryl methyl sites for hydroxylation is 1. The third kappa shape index (κ3) is 5.80. The zero-order valence-electron chi connectivity index (χ0n) is 18.9. The van der Waals surface area contributed by atoms with Gasteiger partial charge in [-0.15, -0.1) is 0 Å². The van der Waals surface area contributed by atoms with Crippen LogP contribution in [0.15, 0.2) is 84.0 Å². The smallest absolute Gasteiger partial charge is 0.257 e. The maximum absolute atomic E-state index is 12.8. The van der Waals surface area contributed by atoms with E-state index in [1.165, 1.54) is 10.9 Å². The number of ether oxygens (including phenoxy) is 1. The number of H-pyrrole nitrogens is 1. The summed E-state index contributed by atoms with van der Waals surface area (Å²) in [6, 6.07) is 23.2. The van der Waals surface area contributed by atoms with Crippen LogP contribution in [0.5, 0.6) is 5.75 Å². The van der Waals surface area contributed by atoms with Gasteiger partial charge >= 0.3 is 0 Å². The van der Waals surface area contributed by atoms with Crippen molar-refractivity contribution in [3.8, 4) is 5.75 Å². The molecule has 33 heavy (non-hydrogen) atoms. The van der Waals surface area contributed by atoms with Crippen LogP contribution < -0.4 is 15.4 Å². The van der Waals surface area contributed by atoms with E-state index in [1.54, 1.807) is 0 Å². The van der Waals surface area contributed by atoms with E-state index >= 15 is 0 Å². The molecular formula is C27H28N4O2. The molecule has 0 fully saturated rings. The number of carbonyl (C=O) groups excluding carboxylic acids is 1. The Balaban J connectivity index is 1.50. The lowest BCUT2D eigenvalue weighted by molar-refractivity contribution is 0.0977. The first kappa shape index (κ1) is 22.1. The number of benzene rings is 3. The monoisotopic (exact) mass is 440 g/mol. The van der Waals surface area contributed by atoms with Crippen molar-refractivity contribution in [2.24, 2.45) is 4.99 Å². The van der Waals surface area contributed by atoms with Crippen molar-refractivity contribution in [2.75, 3.05) is 18.5 Å². The molecule has 4 aromatic rings. The maximum Gasteiger partial charge on any atom is 0.257 e. The number of guanidine groups is 1. The number of amides is 1. The SMILES string of the molecule is CCOc1ccc(NC(=NCCc2c[nH]c3ccccc23)NC(=O)c2ccc(C)cc2)cc1. The molecule has 0 aliphatic heterocycles. The Hall–Kier alpha value is -4.06. The van der Waals surface area contributed by atoms with Crippen LogP contribution in [0, 0.1) is 6.92 Å². The van der Waals surface area contributed by atoms with E-state index < -0.39 is 0 Å². The van der Waals surface area contributed by atoms with E-state index in [0.29, 0.717) is 24.7 Å². The molecule has 6 nitrogen and oxygen atoms in total.